The Labute approximate surface area is 192 Å². The zero-order valence-electron chi connectivity index (χ0n) is 17.8. The second kappa shape index (κ2) is 8.96. The van der Waals surface area contributed by atoms with Gasteiger partial charge in [-0.15, -0.1) is 0 Å². The highest BCUT2D eigenvalue weighted by Crippen LogP contribution is 2.27. The summed E-state index contributed by atoms with van der Waals surface area (Å²) in [6, 6.07) is 10.6. The lowest BCUT2D eigenvalue weighted by Crippen LogP contribution is -2.21. The van der Waals surface area contributed by atoms with E-state index in [0.29, 0.717) is 28.2 Å². The van der Waals surface area contributed by atoms with Crippen molar-refractivity contribution in [2.24, 2.45) is 0 Å². The van der Waals surface area contributed by atoms with E-state index in [1.165, 1.54) is 6.26 Å². The van der Waals surface area contributed by atoms with Gasteiger partial charge >= 0.3 is 5.97 Å². The maximum atomic E-state index is 12.9. The largest absolute Gasteiger partial charge is 0.463 e. The molecule has 1 amide bonds. The number of benzene rings is 1. The monoisotopic (exact) mass is 496 g/mol. The van der Waals surface area contributed by atoms with Crippen molar-refractivity contribution in [3.63, 3.8) is 0 Å². The summed E-state index contributed by atoms with van der Waals surface area (Å²) in [6.07, 6.45) is 3.11. The zero-order chi connectivity index (χ0) is 22.8. The Morgan fingerprint density at radius 3 is 2.75 bits per heavy atom. The number of carbonyl (C=O) groups excluding carboxylic acids is 2. The quantitative estimate of drug-likeness (QED) is 0.371. The number of rotatable bonds is 6. The first-order chi connectivity index (χ1) is 15.3. The molecule has 0 fully saturated rings. The van der Waals surface area contributed by atoms with Gasteiger partial charge in [-0.2, -0.15) is 5.10 Å². The number of furan rings is 1. The number of halogens is 1. The Morgan fingerprint density at radius 2 is 2.06 bits per heavy atom. The molecule has 0 aliphatic heterocycles. The minimum absolute atomic E-state index is 0.0376. The molecule has 32 heavy (non-hydrogen) atoms. The van der Waals surface area contributed by atoms with Crippen LogP contribution in [0.4, 0.5) is 5.69 Å². The van der Waals surface area contributed by atoms with Crippen molar-refractivity contribution in [2.45, 2.75) is 26.8 Å². The molecule has 0 atom stereocenters. The van der Waals surface area contributed by atoms with Gasteiger partial charge in [0, 0.05) is 16.2 Å². The second-order valence-corrected chi connectivity index (χ2v) is 8.45. The molecule has 0 saturated carbocycles. The predicted molar refractivity (Wildman–Crippen MR) is 123 cm³/mol. The normalized spacial score (nSPS) is 11.2. The Balaban J connectivity index is 1.58. The van der Waals surface area contributed by atoms with Gasteiger partial charge in [0.2, 0.25) is 0 Å². The summed E-state index contributed by atoms with van der Waals surface area (Å²) in [5, 5.41) is 7.66. The number of amides is 1. The summed E-state index contributed by atoms with van der Waals surface area (Å²) < 4.78 is 13.4. The van der Waals surface area contributed by atoms with Crippen LogP contribution in [-0.4, -0.2) is 33.2 Å². The first-order valence-electron chi connectivity index (χ1n) is 9.98. The Kier molecular flexibility index (Phi) is 6.09. The third-order valence-electron chi connectivity index (χ3n) is 4.85. The van der Waals surface area contributed by atoms with E-state index < -0.39 is 18.5 Å². The molecule has 0 unspecified atom stereocenters. The molecule has 8 nitrogen and oxygen atoms in total. The van der Waals surface area contributed by atoms with E-state index in [2.05, 4.69) is 31.3 Å². The molecule has 1 N–H and O–H groups in total. The average molecular weight is 497 g/mol. The van der Waals surface area contributed by atoms with Crippen LogP contribution in [0.15, 0.2) is 57.7 Å². The number of hydrogen-bond donors (Lipinski definition) is 1. The number of hydrogen-bond acceptors (Lipinski definition) is 6. The molecule has 3 heterocycles. The number of nitrogens with one attached hydrogen (secondary N) is 1. The first-order valence-corrected chi connectivity index (χ1v) is 10.8. The van der Waals surface area contributed by atoms with Gasteiger partial charge in [0.05, 0.1) is 23.4 Å². The maximum Gasteiger partial charge on any atom is 0.339 e. The average Bonchev–Trinajstić information content (AvgIpc) is 3.43. The number of pyridine rings is 1. The third kappa shape index (κ3) is 4.43. The Hall–Kier alpha value is -3.46. The van der Waals surface area contributed by atoms with Crippen LogP contribution >= 0.6 is 15.9 Å². The van der Waals surface area contributed by atoms with Crippen molar-refractivity contribution in [1.82, 2.24) is 14.8 Å². The highest BCUT2D eigenvalue weighted by atomic mass is 79.9. The zero-order valence-corrected chi connectivity index (χ0v) is 19.3. The lowest BCUT2D eigenvalue weighted by Gasteiger charge is -2.11. The van der Waals surface area contributed by atoms with Crippen LogP contribution in [0.1, 0.15) is 35.8 Å². The fraction of sp³-hybridized carbons (Fsp3) is 0.217. The molecule has 0 aliphatic rings. The maximum absolute atomic E-state index is 12.9. The molecule has 164 valence electrons. The molecule has 1 aromatic carbocycles. The highest BCUT2D eigenvalue weighted by Gasteiger charge is 2.21. The minimum atomic E-state index is -0.642. The van der Waals surface area contributed by atoms with Gasteiger partial charge in [0.1, 0.15) is 5.69 Å². The van der Waals surface area contributed by atoms with E-state index >= 15 is 0 Å². The van der Waals surface area contributed by atoms with Crippen LogP contribution in [0.5, 0.6) is 0 Å². The van der Waals surface area contributed by atoms with Crippen LogP contribution in [0.2, 0.25) is 0 Å². The Bertz CT molecular complexity index is 1300. The minimum Gasteiger partial charge on any atom is -0.463 e. The summed E-state index contributed by atoms with van der Waals surface area (Å²) in [5.41, 5.74) is 2.82. The molecule has 0 bridgehead atoms. The number of aryl methyl sites for hydroxylation is 1. The van der Waals surface area contributed by atoms with E-state index in [9.17, 15) is 9.59 Å². The van der Waals surface area contributed by atoms with E-state index in [0.717, 1.165) is 10.0 Å². The molecule has 0 saturated heterocycles. The summed E-state index contributed by atoms with van der Waals surface area (Å²) in [5.74, 6) is -0.560. The highest BCUT2D eigenvalue weighted by molar-refractivity contribution is 9.10. The van der Waals surface area contributed by atoms with E-state index in [-0.39, 0.29) is 11.6 Å². The van der Waals surface area contributed by atoms with Gasteiger partial charge in [-0.05, 0) is 62.7 Å². The van der Waals surface area contributed by atoms with E-state index in [1.807, 2.05) is 32.9 Å². The molecule has 0 spiro atoms. The van der Waals surface area contributed by atoms with E-state index in [4.69, 9.17) is 9.15 Å². The fourth-order valence-corrected chi connectivity index (χ4v) is 3.75. The van der Waals surface area contributed by atoms with Crippen molar-refractivity contribution < 1.29 is 18.7 Å². The van der Waals surface area contributed by atoms with Gasteiger partial charge in [0.25, 0.3) is 5.91 Å². The smallest absolute Gasteiger partial charge is 0.339 e. The standard InChI is InChI=1S/C23H21BrN4O4/c1-13(2)28-22-17(11-25-28)16(10-19(27-22)20-5-4-8-31-20)23(30)32-12-21(29)26-18-7-6-15(24)9-14(18)3/h4-11,13H,12H2,1-3H3,(H,26,29). The first kappa shape index (κ1) is 21.8. The van der Waals surface area contributed by atoms with Crippen LogP contribution in [0.25, 0.3) is 22.5 Å². The van der Waals surface area contributed by atoms with Crippen LogP contribution in [-0.2, 0) is 9.53 Å². The molecular weight excluding hydrogens is 476 g/mol. The van der Waals surface area contributed by atoms with Crippen LogP contribution < -0.4 is 5.32 Å². The number of aromatic nitrogens is 3. The summed E-state index contributed by atoms with van der Waals surface area (Å²) in [6.45, 7) is 5.40. The molecule has 4 rings (SSSR count). The number of nitrogens with zero attached hydrogens (tertiary/aromatic N) is 3. The van der Waals surface area contributed by atoms with Crippen molar-refractivity contribution in [1.29, 1.82) is 0 Å². The van der Waals surface area contributed by atoms with Gasteiger partial charge < -0.3 is 14.5 Å². The summed E-state index contributed by atoms with van der Waals surface area (Å²) in [4.78, 5) is 29.9. The fourth-order valence-electron chi connectivity index (χ4n) is 3.28. The lowest BCUT2D eigenvalue weighted by molar-refractivity contribution is -0.119. The molecule has 0 aliphatic carbocycles. The molecule has 9 heteroatoms. The van der Waals surface area contributed by atoms with Gasteiger partial charge in [-0.3, -0.25) is 4.79 Å². The van der Waals surface area contributed by atoms with Gasteiger partial charge in [0.15, 0.2) is 18.0 Å². The summed E-state index contributed by atoms with van der Waals surface area (Å²) >= 11 is 3.39. The molecule has 0 radical (unpaired) electrons. The number of carbonyl (C=O) groups is 2. The second-order valence-electron chi connectivity index (χ2n) is 7.54. The lowest BCUT2D eigenvalue weighted by atomic mass is 10.1. The van der Waals surface area contributed by atoms with Crippen molar-refractivity contribution in [3.05, 3.63) is 64.5 Å². The third-order valence-corrected chi connectivity index (χ3v) is 5.34. The molecular formula is C23H21BrN4O4. The van der Waals surface area contributed by atoms with Crippen molar-refractivity contribution >= 4 is 44.5 Å². The Morgan fingerprint density at radius 1 is 1.25 bits per heavy atom. The number of ether oxygens (including phenoxy) is 1. The number of esters is 1. The summed E-state index contributed by atoms with van der Waals surface area (Å²) in [7, 11) is 0. The predicted octanol–water partition coefficient (Wildman–Crippen LogP) is 5.14. The van der Waals surface area contributed by atoms with Crippen LogP contribution in [0.3, 0.4) is 0 Å². The van der Waals surface area contributed by atoms with Crippen molar-refractivity contribution in [2.75, 3.05) is 11.9 Å². The number of anilines is 1. The molecule has 4 aromatic rings. The van der Waals surface area contributed by atoms with E-state index in [1.54, 1.807) is 35.1 Å². The van der Waals surface area contributed by atoms with Gasteiger partial charge in [-0.25, -0.2) is 14.5 Å². The number of fused-ring (bicyclic) bond motifs is 1. The molecule has 3 aromatic heterocycles. The van der Waals surface area contributed by atoms with Crippen LogP contribution in [0, 0.1) is 6.92 Å². The topological polar surface area (TPSA) is 99.2 Å². The van der Waals surface area contributed by atoms with Crippen molar-refractivity contribution in [3.8, 4) is 11.5 Å². The SMILES string of the molecule is Cc1cc(Br)ccc1NC(=O)COC(=O)c1cc(-c2ccco2)nc2c1cnn2C(C)C. The van der Waals surface area contributed by atoms with Gasteiger partial charge in [-0.1, -0.05) is 15.9 Å².